The minimum Gasteiger partial charge on any atom is -0.497 e. The Kier molecular flexibility index (Phi) is 19.9. The molecule has 3 aromatic rings. The third-order valence-electron chi connectivity index (χ3n) is 9.29. The molecule has 0 aliphatic rings. The quantitative estimate of drug-likeness (QED) is 0.0280. The van der Waals surface area contributed by atoms with E-state index in [1.54, 1.807) is 79.7 Å². The second-order valence-electron chi connectivity index (χ2n) is 16.6. The standard InChI is InChI=1S/C46H61BrN4O13/c1-11-14-15-16-31(35(12-2)51(27-52)64-43(57)30-20-18-29(59-10)24-33(30)47)40(54)48-26-49-42(56)37-22-21-36(61-37)28-17-19-32(38(23-28)60-13-3)41(55)50-34(44(58)63-46(7,8)9)25-39(53)62-45(4,5)6/h17-24,27,31,34-35H,11-16,25-26H2,1-10H3,(H,48,54)(H,49,56)(H,50,55)/t31?,34?,35-/m1/s1. The Morgan fingerprint density at radius 3 is 2.12 bits per heavy atom. The van der Waals surface area contributed by atoms with Crippen LogP contribution in [-0.4, -0.2) is 90.8 Å². The Bertz CT molecular complexity index is 2110. The van der Waals surface area contributed by atoms with Crippen molar-refractivity contribution in [1.82, 2.24) is 21.0 Å². The second kappa shape index (κ2) is 24.2. The fraction of sp³-hybridized carbons (Fsp3) is 0.500. The first-order chi connectivity index (χ1) is 30.1. The number of rotatable bonds is 23. The van der Waals surface area contributed by atoms with E-state index in [0.717, 1.165) is 17.9 Å². The van der Waals surface area contributed by atoms with E-state index in [9.17, 15) is 33.6 Å². The van der Waals surface area contributed by atoms with Crippen molar-refractivity contribution < 1.29 is 61.8 Å². The molecule has 2 aromatic carbocycles. The predicted molar refractivity (Wildman–Crippen MR) is 239 cm³/mol. The number of hydrogen-bond acceptors (Lipinski definition) is 13. The molecule has 4 amide bonds. The van der Waals surface area contributed by atoms with E-state index in [1.807, 2.05) is 6.92 Å². The van der Waals surface area contributed by atoms with Crippen molar-refractivity contribution in [2.75, 3.05) is 20.4 Å². The van der Waals surface area contributed by atoms with Gasteiger partial charge in [-0.25, -0.2) is 9.59 Å². The molecule has 0 saturated carbocycles. The summed E-state index contributed by atoms with van der Waals surface area (Å²) in [5.41, 5.74) is -1.07. The summed E-state index contributed by atoms with van der Waals surface area (Å²) in [5.74, 6) is -4.14. The van der Waals surface area contributed by atoms with E-state index in [2.05, 4.69) is 31.9 Å². The van der Waals surface area contributed by atoms with Crippen molar-refractivity contribution in [3.05, 3.63) is 69.9 Å². The van der Waals surface area contributed by atoms with Crippen LogP contribution in [0.5, 0.6) is 11.5 Å². The predicted octanol–water partition coefficient (Wildman–Crippen LogP) is 7.30. The third-order valence-corrected chi connectivity index (χ3v) is 9.95. The molecule has 17 nitrogen and oxygen atoms in total. The molecule has 3 atom stereocenters. The number of ether oxygens (including phenoxy) is 4. The van der Waals surface area contributed by atoms with Crippen LogP contribution in [0.25, 0.3) is 11.3 Å². The minimum absolute atomic E-state index is 0.0571. The number of methoxy groups -OCH3 is 1. The molecule has 64 heavy (non-hydrogen) atoms. The van der Waals surface area contributed by atoms with Crippen LogP contribution in [0.1, 0.15) is 132 Å². The first-order valence-electron chi connectivity index (χ1n) is 21.1. The topological polar surface area (TPSA) is 218 Å². The SMILES string of the molecule is CCCCCC(C(=O)NCNC(=O)c1ccc(-c2ccc(C(=O)NC(CC(=O)OC(C)(C)C)C(=O)OC(C)(C)C)c(OCC)c2)o1)[C@@H](CC)N(C=O)OC(=O)c1ccc(OC)cc1Br. The van der Waals surface area contributed by atoms with Gasteiger partial charge in [0.25, 0.3) is 11.8 Å². The van der Waals surface area contributed by atoms with Crippen molar-refractivity contribution in [3.63, 3.8) is 0 Å². The normalized spacial score (nSPS) is 12.7. The lowest BCUT2D eigenvalue weighted by Gasteiger charge is -2.32. The van der Waals surface area contributed by atoms with Crippen molar-refractivity contribution in [3.8, 4) is 22.8 Å². The first kappa shape index (κ1) is 52.4. The fourth-order valence-corrected chi connectivity index (χ4v) is 6.91. The molecule has 3 rings (SSSR count). The van der Waals surface area contributed by atoms with Crippen LogP contribution in [0.3, 0.4) is 0 Å². The molecule has 0 aliphatic heterocycles. The molecular weight excluding hydrogens is 896 g/mol. The largest absolute Gasteiger partial charge is 0.497 e. The lowest BCUT2D eigenvalue weighted by Crippen LogP contribution is -2.49. The fourth-order valence-electron chi connectivity index (χ4n) is 6.39. The zero-order valence-corrected chi connectivity index (χ0v) is 39.8. The van der Waals surface area contributed by atoms with Crippen molar-refractivity contribution >= 4 is 58.0 Å². The molecule has 1 aromatic heterocycles. The number of hydroxylamine groups is 2. The third kappa shape index (κ3) is 16.0. The van der Waals surface area contributed by atoms with E-state index >= 15 is 0 Å². The lowest BCUT2D eigenvalue weighted by molar-refractivity contribution is -0.171. The van der Waals surface area contributed by atoms with E-state index < -0.39 is 71.3 Å². The monoisotopic (exact) mass is 956 g/mol. The molecule has 2 unspecified atom stereocenters. The average Bonchev–Trinajstić information content (AvgIpc) is 3.72. The van der Waals surface area contributed by atoms with Crippen molar-refractivity contribution in [1.29, 1.82) is 0 Å². The number of nitrogens with one attached hydrogen (secondary N) is 3. The number of halogens is 1. The van der Waals surface area contributed by atoms with Crippen molar-refractivity contribution in [2.45, 2.75) is 124 Å². The first-order valence-corrected chi connectivity index (χ1v) is 21.9. The highest BCUT2D eigenvalue weighted by atomic mass is 79.9. The molecule has 18 heteroatoms. The molecule has 350 valence electrons. The van der Waals surface area contributed by atoms with Gasteiger partial charge in [0.1, 0.15) is 34.5 Å². The van der Waals surface area contributed by atoms with E-state index in [4.69, 9.17) is 28.2 Å². The van der Waals surface area contributed by atoms with Crippen LogP contribution in [0, 0.1) is 5.92 Å². The summed E-state index contributed by atoms with van der Waals surface area (Å²) in [7, 11) is 1.49. The number of carbonyl (C=O) groups is 7. The number of amides is 4. The molecule has 0 bridgehead atoms. The van der Waals surface area contributed by atoms with Gasteiger partial charge in [0.15, 0.2) is 5.76 Å². The number of esters is 2. The van der Waals surface area contributed by atoms with Gasteiger partial charge in [0.05, 0.1) is 49.9 Å². The van der Waals surface area contributed by atoms with Gasteiger partial charge in [-0.2, -0.15) is 5.06 Å². The zero-order valence-electron chi connectivity index (χ0n) is 38.2. The van der Waals surface area contributed by atoms with E-state index in [0.29, 0.717) is 35.0 Å². The maximum absolute atomic E-state index is 13.7. The Morgan fingerprint density at radius 2 is 1.53 bits per heavy atom. The summed E-state index contributed by atoms with van der Waals surface area (Å²) in [5, 5.41) is 8.78. The number of nitrogens with zero attached hydrogens (tertiary/aromatic N) is 1. The summed E-state index contributed by atoms with van der Waals surface area (Å²) in [4.78, 5) is 97.2. The highest BCUT2D eigenvalue weighted by Gasteiger charge is 2.35. The summed E-state index contributed by atoms with van der Waals surface area (Å²) in [6.45, 7) is 15.4. The zero-order chi connectivity index (χ0) is 47.8. The van der Waals surface area contributed by atoms with Crippen LogP contribution in [0.4, 0.5) is 0 Å². The Morgan fingerprint density at radius 1 is 0.844 bits per heavy atom. The molecule has 0 saturated heterocycles. The van der Waals surface area contributed by atoms with Crippen LogP contribution < -0.4 is 25.4 Å². The van der Waals surface area contributed by atoms with Crippen LogP contribution >= 0.6 is 15.9 Å². The van der Waals surface area contributed by atoms with Gasteiger partial charge in [-0.3, -0.25) is 24.0 Å². The number of furan rings is 1. The smallest absolute Gasteiger partial charge is 0.364 e. The molecule has 0 spiro atoms. The van der Waals surface area contributed by atoms with Gasteiger partial charge in [-0.05, 0) is 120 Å². The van der Waals surface area contributed by atoms with E-state index in [-0.39, 0.29) is 48.1 Å². The number of unbranched alkanes of at least 4 members (excludes halogenated alkanes) is 2. The van der Waals surface area contributed by atoms with Gasteiger partial charge in [0.2, 0.25) is 12.3 Å². The average molecular weight is 958 g/mol. The highest BCUT2D eigenvalue weighted by Crippen LogP contribution is 2.30. The summed E-state index contributed by atoms with van der Waals surface area (Å²) in [6.07, 6.45) is 2.92. The van der Waals surface area contributed by atoms with Crippen molar-refractivity contribution in [2.24, 2.45) is 5.92 Å². The Balaban J connectivity index is 1.74. The molecule has 0 fully saturated rings. The maximum Gasteiger partial charge on any atom is 0.364 e. The molecule has 0 aliphatic carbocycles. The number of benzene rings is 2. The number of hydrogen-bond donors (Lipinski definition) is 3. The van der Waals surface area contributed by atoms with Gasteiger partial charge in [0, 0.05) is 10.0 Å². The summed E-state index contributed by atoms with van der Waals surface area (Å²) in [6, 6.07) is 10.0. The Hall–Kier alpha value is -5.91. The Labute approximate surface area is 382 Å². The van der Waals surface area contributed by atoms with Crippen LogP contribution in [0.15, 0.2) is 57.4 Å². The lowest BCUT2D eigenvalue weighted by atomic mass is 9.90. The number of carbonyl (C=O) groups excluding carboxylic acids is 7. The van der Waals surface area contributed by atoms with Gasteiger partial charge < -0.3 is 44.2 Å². The maximum atomic E-state index is 13.7. The molecule has 0 radical (unpaired) electrons. The van der Waals surface area contributed by atoms with Gasteiger partial charge in [-0.15, -0.1) is 0 Å². The molecule has 1 heterocycles. The highest BCUT2D eigenvalue weighted by molar-refractivity contribution is 9.10. The second-order valence-corrected chi connectivity index (χ2v) is 17.5. The van der Waals surface area contributed by atoms with Crippen LogP contribution in [0.2, 0.25) is 0 Å². The summed E-state index contributed by atoms with van der Waals surface area (Å²) < 4.78 is 28.1. The van der Waals surface area contributed by atoms with Gasteiger partial charge >= 0.3 is 17.9 Å². The minimum atomic E-state index is -1.36. The van der Waals surface area contributed by atoms with Gasteiger partial charge in [-0.1, -0.05) is 39.2 Å². The van der Waals surface area contributed by atoms with Crippen LogP contribution in [-0.2, 0) is 33.5 Å². The summed E-state index contributed by atoms with van der Waals surface area (Å²) >= 11 is 3.33. The molecular formula is C46H61BrN4O13. The molecule has 3 N–H and O–H groups in total. The van der Waals surface area contributed by atoms with E-state index in [1.165, 1.54) is 31.4 Å².